The van der Waals surface area contributed by atoms with E-state index in [9.17, 15) is 9.50 Å². The fourth-order valence-electron chi connectivity index (χ4n) is 1.60. The van der Waals surface area contributed by atoms with Crippen LogP contribution in [0.3, 0.4) is 0 Å². The Morgan fingerprint density at radius 1 is 1.19 bits per heavy atom. The van der Waals surface area contributed by atoms with E-state index < -0.39 is 11.9 Å². The number of hydrogen-bond acceptors (Lipinski definition) is 2. The molecule has 0 aliphatic carbocycles. The van der Waals surface area contributed by atoms with Crippen molar-refractivity contribution in [2.45, 2.75) is 13.0 Å². The van der Waals surface area contributed by atoms with Crippen LogP contribution in [0.15, 0.2) is 42.6 Å². The number of halogens is 1. The second-order valence-electron chi connectivity index (χ2n) is 3.66. The maximum Gasteiger partial charge on any atom is 0.141 e. The van der Waals surface area contributed by atoms with Gasteiger partial charge in [0.05, 0.1) is 11.9 Å². The number of aryl methyl sites for hydroxylation is 1. The van der Waals surface area contributed by atoms with Crippen LogP contribution in [-0.2, 0) is 0 Å². The summed E-state index contributed by atoms with van der Waals surface area (Å²) in [4.78, 5) is 3.87. The molecule has 82 valence electrons. The van der Waals surface area contributed by atoms with Gasteiger partial charge in [-0.3, -0.25) is 4.98 Å². The highest BCUT2D eigenvalue weighted by Gasteiger charge is 2.13. The molecule has 0 aliphatic rings. The monoisotopic (exact) mass is 217 g/mol. The van der Waals surface area contributed by atoms with Crippen molar-refractivity contribution in [1.29, 1.82) is 0 Å². The van der Waals surface area contributed by atoms with Gasteiger partial charge in [0.1, 0.15) is 11.9 Å². The number of aliphatic hydroxyl groups excluding tert-OH is 1. The summed E-state index contributed by atoms with van der Waals surface area (Å²) in [5.41, 5.74) is 2.23. The van der Waals surface area contributed by atoms with E-state index in [1.165, 1.54) is 12.1 Å². The lowest BCUT2D eigenvalue weighted by Gasteiger charge is -2.12. The first-order chi connectivity index (χ1) is 7.68. The van der Waals surface area contributed by atoms with E-state index in [0.29, 0.717) is 5.69 Å². The van der Waals surface area contributed by atoms with Crippen molar-refractivity contribution in [1.82, 2.24) is 4.98 Å². The van der Waals surface area contributed by atoms with Crippen molar-refractivity contribution in [3.63, 3.8) is 0 Å². The fraction of sp³-hybridized carbons (Fsp3) is 0.154. The van der Waals surface area contributed by atoms with Gasteiger partial charge >= 0.3 is 0 Å². The molecule has 0 radical (unpaired) electrons. The Morgan fingerprint density at radius 2 is 1.94 bits per heavy atom. The lowest BCUT2D eigenvalue weighted by atomic mass is 10.0. The minimum Gasteiger partial charge on any atom is -0.382 e. The Labute approximate surface area is 93.4 Å². The third kappa shape index (κ3) is 2.09. The Balaban J connectivity index is 2.35. The van der Waals surface area contributed by atoms with Gasteiger partial charge in [0.25, 0.3) is 0 Å². The minimum absolute atomic E-state index is 0.402. The third-order valence-electron chi connectivity index (χ3n) is 2.51. The van der Waals surface area contributed by atoms with E-state index in [1.807, 2.05) is 31.2 Å². The van der Waals surface area contributed by atoms with Gasteiger partial charge in [0.15, 0.2) is 0 Å². The van der Waals surface area contributed by atoms with Crippen LogP contribution in [0.5, 0.6) is 0 Å². The molecule has 0 saturated heterocycles. The molecule has 2 aromatic rings. The summed E-state index contributed by atoms with van der Waals surface area (Å²) in [6, 6.07) is 10.3. The van der Waals surface area contributed by atoms with Crippen LogP contribution in [0.2, 0.25) is 0 Å². The second kappa shape index (κ2) is 4.41. The summed E-state index contributed by atoms with van der Waals surface area (Å²) in [5.74, 6) is -0.402. The van der Waals surface area contributed by atoms with Crippen LogP contribution in [0.1, 0.15) is 22.9 Å². The van der Waals surface area contributed by atoms with E-state index in [0.717, 1.165) is 17.3 Å². The lowest BCUT2D eigenvalue weighted by Crippen LogP contribution is -2.04. The molecule has 1 heterocycles. The molecule has 2 nitrogen and oxygen atoms in total. The van der Waals surface area contributed by atoms with Crippen LogP contribution >= 0.6 is 0 Å². The summed E-state index contributed by atoms with van der Waals surface area (Å²) in [6.45, 7) is 1.92. The molecule has 3 heteroatoms. The Kier molecular flexibility index (Phi) is 2.97. The number of pyridine rings is 1. The average Bonchev–Trinajstić information content (AvgIpc) is 2.30. The van der Waals surface area contributed by atoms with Crippen LogP contribution in [0.25, 0.3) is 0 Å². The maximum atomic E-state index is 12.7. The molecule has 1 unspecified atom stereocenters. The molecule has 1 aromatic carbocycles. The van der Waals surface area contributed by atoms with Gasteiger partial charge in [0, 0.05) is 0 Å². The van der Waals surface area contributed by atoms with Crippen molar-refractivity contribution in [3.05, 3.63) is 65.2 Å². The number of aliphatic hydroxyl groups is 1. The Hall–Kier alpha value is -1.74. The molecule has 0 aliphatic heterocycles. The average molecular weight is 217 g/mol. The van der Waals surface area contributed by atoms with Crippen LogP contribution in [-0.4, -0.2) is 10.1 Å². The minimum atomic E-state index is -0.804. The van der Waals surface area contributed by atoms with Gasteiger partial charge in [-0.15, -0.1) is 0 Å². The normalized spacial score (nSPS) is 12.4. The number of aromatic nitrogens is 1. The van der Waals surface area contributed by atoms with Gasteiger partial charge < -0.3 is 5.11 Å². The van der Waals surface area contributed by atoms with Crippen molar-refractivity contribution >= 4 is 0 Å². The smallest absolute Gasteiger partial charge is 0.141 e. The zero-order valence-corrected chi connectivity index (χ0v) is 8.89. The molecule has 0 fully saturated rings. The van der Waals surface area contributed by atoms with Crippen molar-refractivity contribution in [3.8, 4) is 0 Å². The molecule has 1 aromatic heterocycles. The Morgan fingerprint density at radius 3 is 2.56 bits per heavy atom. The molecule has 0 bridgehead atoms. The predicted molar refractivity (Wildman–Crippen MR) is 59.4 cm³/mol. The predicted octanol–water partition coefficient (Wildman–Crippen LogP) is 2.61. The second-order valence-corrected chi connectivity index (χ2v) is 3.66. The largest absolute Gasteiger partial charge is 0.382 e. The topological polar surface area (TPSA) is 33.1 Å². The van der Waals surface area contributed by atoms with Gasteiger partial charge in [-0.25, -0.2) is 4.39 Å². The van der Waals surface area contributed by atoms with Crippen molar-refractivity contribution in [2.24, 2.45) is 0 Å². The van der Waals surface area contributed by atoms with Crippen molar-refractivity contribution < 1.29 is 9.50 Å². The number of nitrogens with zero attached hydrogens (tertiary/aromatic N) is 1. The molecular formula is C13H12FNO. The Bertz CT molecular complexity index is 482. The third-order valence-corrected chi connectivity index (χ3v) is 2.51. The first-order valence-electron chi connectivity index (χ1n) is 5.03. The molecule has 0 spiro atoms. The summed E-state index contributed by atoms with van der Waals surface area (Å²) in [5, 5.41) is 10.1. The summed E-state index contributed by atoms with van der Waals surface area (Å²) < 4.78 is 12.7. The highest BCUT2D eigenvalue weighted by molar-refractivity contribution is 5.32. The van der Waals surface area contributed by atoms with Gasteiger partial charge in [-0.2, -0.15) is 0 Å². The SMILES string of the molecule is Cc1ccccc1C(O)c1ccc(F)cn1. The maximum absolute atomic E-state index is 12.7. The van der Waals surface area contributed by atoms with Crippen LogP contribution in [0, 0.1) is 12.7 Å². The molecule has 1 N–H and O–H groups in total. The molecule has 1 atom stereocenters. The highest BCUT2D eigenvalue weighted by Crippen LogP contribution is 2.22. The van der Waals surface area contributed by atoms with Crippen LogP contribution < -0.4 is 0 Å². The molecule has 0 saturated carbocycles. The summed E-state index contributed by atoms with van der Waals surface area (Å²) >= 11 is 0. The van der Waals surface area contributed by atoms with Gasteiger partial charge in [0.2, 0.25) is 0 Å². The highest BCUT2D eigenvalue weighted by atomic mass is 19.1. The van der Waals surface area contributed by atoms with E-state index >= 15 is 0 Å². The summed E-state index contributed by atoms with van der Waals surface area (Å²) in [7, 11) is 0. The van der Waals surface area contributed by atoms with Crippen molar-refractivity contribution in [2.75, 3.05) is 0 Å². The summed E-state index contributed by atoms with van der Waals surface area (Å²) in [6.07, 6.45) is 0.304. The number of rotatable bonds is 2. The zero-order valence-electron chi connectivity index (χ0n) is 8.89. The first kappa shape index (κ1) is 10.8. The quantitative estimate of drug-likeness (QED) is 0.838. The molecule has 0 amide bonds. The van der Waals surface area contributed by atoms with E-state index in [2.05, 4.69) is 4.98 Å². The molecule has 16 heavy (non-hydrogen) atoms. The molecule has 2 rings (SSSR count). The lowest BCUT2D eigenvalue weighted by molar-refractivity contribution is 0.214. The van der Waals surface area contributed by atoms with E-state index in [1.54, 1.807) is 0 Å². The first-order valence-corrected chi connectivity index (χ1v) is 5.03. The number of hydrogen-bond donors (Lipinski definition) is 1. The van der Waals surface area contributed by atoms with Crippen LogP contribution in [0.4, 0.5) is 4.39 Å². The van der Waals surface area contributed by atoms with Gasteiger partial charge in [-0.1, -0.05) is 24.3 Å². The van der Waals surface area contributed by atoms with E-state index in [-0.39, 0.29) is 0 Å². The fourth-order valence-corrected chi connectivity index (χ4v) is 1.60. The zero-order chi connectivity index (χ0) is 11.5. The van der Waals surface area contributed by atoms with Gasteiger partial charge in [-0.05, 0) is 30.2 Å². The number of benzene rings is 1. The molecular weight excluding hydrogens is 205 g/mol. The van der Waals surface area contributed by atoms with E-state index in [4.69, 9.17) is 0 Å². The standard InChI is InChI=1S/C13H12FNO/c1-9-4-2-3-5-11(9)13(16)12-7-6-10(14)8-15-12/h2-8,13,16H,1H3.